The van der Waals surface area contributed by atoms with E-state index < -0.39 is 16.6 Å². The summed E-state index contributed by atoms with van der Waals surface area (Å²) >= 11 is 0. The summed E-state index contributed by atoms with van der Waals surface area (Å²) in [4.78, 5) is 32.6. The van der Waals surface area contributed by atoms with E-state index in [0.717, 1.165) is 38.5 Å². The molecule has 0 aromatic rings. The SMILES string of the molecule is CCCCCC(C)(C)C1=C(N=[N+]=[N-])C(=O)C(N=[N+]=[N-])=C(C(C)(C)CCCCC)C1=O. The lowest BCUT2D eigenvalue weighted by molar-refractivity contribution is -0.118. The molecule has 0 unspecified atom stereocenters. The molecular weight excluding hydrogens is 380 g/mol. The molecule has 164 valence electrons. The molecule has 30 heavy (non-hydrogen) atoms. The zero-order chi connectivity index (χ0) is 22.9. The van der Waals surface area contributed by atoms with Gasteiger partial charge in [-0.2, -0.15) is 0 Å². The van der Waals surface area contributed by atoms with Crippen molar-refractivity contribution in [3.63, 3.8) is 0 Å². The molecule has 0 saturated heterocycles. The lowest BCUT2D eigenvalue weighted by atomic mass is 9.66. The molecule has 1 aliphatic carbocycles. The molecule has 0 aromatic heterocycles. The standard InChI is InChI=1S/C22H34N6O2/c1-7-9-11-13-21(3,4)15-17(25-27-23)20(30)18(26-28-24)16(19(15)29)22(5,6)14-12-10-8-2/h7-14H2,1-6H3. The fourth-order valence-corrected chi connectivity index (χ4v) is 4.10. The predicted octanol–water partition coefficient (Wildman–Crippen LogP) is 7.48. The van der Waals surface area contributed by atoms with E-state index in [1.165, 1.54) is 0 Å². The first-order valence-corrected chi connectivity index (χ1v) is 10.8. The summed E-state index contributed by atoms with van der Waals surface area (Å²) in [5, 5.41) is 7.18. The van der Waals surface area contributed by atoms with Crippen molar-refractivity contribution in [2.45, 2.75) is 92.9 Å². The van der Waals surface area contributed by atoms with Gasteiger partial charge in [0.25, 0.3) is 0 Å². The topological polar surface area (TPSA) is 132 Å². The fourth-order valence-electron chi connectivity index (χ4n) is 4.10. The Hall–Kier alpha value is -2.56. The van der Waals surface area contributed by atoms with Crippen molar-refractivity contribution in [2.24, 2.45) is 21.1 Å². The zero-order valence-electron chi connectivity index (χ0n) is 19.2. The van der Waals surface area contributed by atoms with Gasteiger partial charge in [-0.05, 0) is 34.7 Å². The molecule has 0 saturated carbocycles. The number of carbonyl (C=O) groups excluding carboxylic acids is 2. The average Bonchev–Trinajstić information content (AvgIpc) is 2.65. The van der Waals surface area contributed by atoms with Crippen LogP contribution in [-0.2, 0) is 9.59 Å². The molecule has 0 heterocycles. The van der Waals surface area contributed by atoms with Gasteiger partial charge in [0, 0.05) is 21.0 Å². The van der Waals surface area contributed by atoms with Crippen LogP contribution in [0.2, 0.25) is 0 Å². The number of azide groups is 2. The molecule has 0 amide bonds. The van der Waals surface area contributed by atoms with Crippen molar-refractivity contribution in [3.05, 3.63) is 43.4 Å². The van der Waals surface area contributed by atoms with Gasteiger partial charge in [-0.1, -0.05) is 90.3 Å². The molecule has 1 aliphatic rings. The summed E-state index contributed by atoms with van der Waals surface area (Å²) in [6, 6.07) is 0. The number of allylic oxidation sites excluding steroid dienone is 2. The first kappa shape index (κ1) is 25.5. The van der Waals surface area contributed by atoms with Crippen LogP contribution in [0.15, 0.2) is 32.8 Å². The molecule has 0 N–H and O–H groups in total. The van der Waals surface area contributed by atoms with E-state index in [4.69, 9.17) is 11.1 Å². The lowest BCUT2D eigenvalue weighted by Crippen LogP contribution is -2.36. The minimum absolute atomic E-state index is 0.233. The summed E-state index contributed by atoms with van der Waals surface area (Å²) in [5.41, 5.74) is 16.8. The van der Waals surface area contributed by atoms with Crippen LogP contribution in [0, 0.1) is 10.8 Å². The predicted molar refractivity (Wildman–Crippen MR) is 118 cm³/mol. The molecule has 0 radical (unpaired) electrons. The Morgan fingerprint density at radius 3 is 1.37 bits per heavy atom. The van der Waals surface area contributed by atoms with Crippen LogP contribution in [0.1, 0.15) is 92.9 Å². The molecule has 0 aliphatic heterocycles. The van der Waals surface area contributed by atoms with Gasteiger partial charge in [-0.15, -0.1) is 0 Å². The highest BCUT2D eigenvalue weighted by Crippen LogP contribution is 2.46. The number of ketones is 2. The van der Waals surface area contributed by atoms with Crippen molar-refractivity contribution in [3.8, 4) is 0 Å². The summed E-state index contributed by atoms with van der Waals surface area (Å²) in [5.74, 6) is -1.01. The third-order valence-electron chi connectivity index (χ3n) is 5.81. The Balaban J connectivity index is 3.66. The first-order valence-electron chi connectivity index (χ1n) is 10.8. The average molecular weight is 415 g/mol. The molecule has 0 atom stereocenters. The summed E-state index contributed by atoms with van der Waals surface area (Å²) in [6.07, 6.45) is 7.21. The van der Waals surface area contributed by atoms with Crippen LogP contribution < -0.4 is 0 Å². The molecule has 0 fully saturated rings. The van der Waals surface area contributed by atoms with Crippen molar-refractivity contribution < 1.29 is 9.59 Å². The van der Waals surface area contributed by atoms with Gasteiger partial charge >= 0.3 is 0 Å². The number of rotatable bonds is 12. The van der Waals surface area contributed by atoms with Gasteiger partial charge in [0.15, 0.2) is 11.6 Å². The lowest BCUT2D eigenvalue weighted by Gasteiger charge is -2.37. The third kappa shape index (κ3) is 5.74. The van der Waals surface area contributed by atoms with Crippen LogP contribution in [0.3, 0.4) is 0 Å². The van der Waals surface area contributed by atoms with Crippen molar-refractivity contribution in [2.75, 3.05) is 0 Å². The summed E-state index contributed by atoms with van der Waals surface area (Å²) in [7, 11) is 0. The number of hydrogen-bond donors (Lipinski definition) is 0. The second-order valence-corrected chi connectivity index (χ2v) is 9.17. The highest BCUT2D eigenvalue weighted by Gasteiger charge is 2.44. The van der Waals surface area contributed by atoms with E-state index in [9.17, 15) is 9.59 Å². The first-order chi connectivity index (χ1) is 14.1. The molecule has 1 rings (SSSR count). The maximum atomic E-state index is 13.8. The van der Waals surface area contributed by atoms with Crippen LogP contribution in [0.4, 0.5) is 0 Å². The van der Waals surface area contributed by atoms with Crippen LogP contribution in [0.5, 0.6) is 0 Å². The van der Waals surface area contributed by atoms with Gasteiger partial charge in [-0.25, -0.2) is 0 Å². The minimum Gasteiger partial charge on any atom is -0.289 e. The Labute approximate surface area is 179 Å². The van der Waals surface area contributed by atoms with E-state index in [-0.39, 0.29) is 28.3 Å². The molecule has 8 nitrogen and oxygen atoms in total. The molecule has 0 spiro atoms. The van der Waals surface area contributed by atoms with Crippen LogP contribution in [-0.4, -0.2) is 11.6 Å². The second-order valence-electron chi connectivity index (χ2n) is 9.17. The van der Waals surface area contributed by atoms with Gasteiger partial charge in [0.05, 0.1) is 11.4 Å². The monoisotopic (exact) mass is 414 g/mol. The van der Waals surface area contributed by atoms with E-state index in [1.54, 1.807) is 0 Å². The quantitative estimate of drug-likeness (QED) is 0.108. The highest BCUT2D eigenvalue weighted by molar-refractivity contribution is 6.25. The normalized spacial score (nSPS) is 15.3. The van der Waals surface area contributed by atoms with Gasteiger partial charge in [-0.3, -0.25) is 9.59 Å². The number of carbonyl (C=O) groups is 2. The van der Waals surface area contributed by atoms with Gasteiger partial charge in [0.2, 0.25) is 0 Å². The van der Waals surface area contributed by atoms with E-state index in [1.807, 2.05) is 27.7 Å². The number of unbranched alkanes of at least 4 members (excludes halogenated alkanes) is 4. The maximum absolute atomic E-state index is 13.8. The maximum Gasteiger partial charge on any atom is 0.198 e. The summed E-state index contributed by atoms with van der Waals surface area (Å²) in [6.45, 7) is 11.8. The Morgan fingerprint density at radius 1 is 0.700 bits per heavy atom. The van der Waals surface area contributed by atoms with Crippen LogP contribution >= 0.6 is 0 Å². The third-order valence-corrected chi connectivity index (χ3v) is 5.81. The Morgan fingerprint density at radius 2 is 1.07 bits per heavy atom. The minimum atomic E-state index is -0.665. The second kappa shape index (κ2) is 11.0. The number of Topliss-reactive ketones (excluding diaryl/α,β-unsaturated/α-hetero) is 2. The van der Waals surface area contributed by atoms with Gasteiger partial charge < -0.3 is 0 Å². The van der Waals surface area contributed by atoms with E-state index >= 15 is 0 Å². The summed E-state index contributed by atoms with van der Waals surface area (Å²) < 4.78 is 0. The Kier molecular flexibility index (Phi) is 9.34. The fraction of sp³-hybridized carbons (Fsp3) is 0.727. The zero-order valence-corrected chi connectivity index (χ0v) is 19.2. The highest BCUT2D eigenvalue weighted by atomic mass is 16.1. The van der Waals surface area contributed by atoms with Crippen LogP contribution in [0.25, 0.3) is 20.9 Å². The number of nitrogens with zero attached hydrogens (tertiary/aromatic N) is 6. The van der Waals surface area contributed by atoms with Crippen molar-refractivity contribution in [1.29, 1.82) is 0 Å². The smallest absolute Gasteiger partial charge is 0.198 e. The number of hydrogen-bond acceptors (Lipinski definition) is 4. The van der Waals surface area contributed by atoms with Crippen molar-refractivity contribution >= 4 is 11.6 Å². The molecule has 0 aromatic carbocycles. The molecule has 0 bridgehead atoms. The molecule has 8 heteroatoms. The van der Waals surface area contributed by atoms with E-state index in [2.05, 4.69) is 33.9 Å². The van der Waals surface area contributed by atoms with Crippen molar-refractivity contribution in [1.82, 2.24) is 0 Å². The largest absolute Gasteiger partial charge is 0.289 e. The van der Waals surface area contributed by atoms with E-state index in [0.29, 0.717) is 12.8 Å². The Bertz CT molecular complexity index is 772. The van der Waals surface area contributed by atoms with Gasteiger partial charge in [0.1, 0.15) is 0 Å². The molecular formula is C22H34N6O2.